The molecule has 1 aromatic heterocycles. The molecule has 9 heteroatoms. The first kappa shape index (κ1) is 32.9. The summed E-state index contributed by atoms with van der Waals surface area (Å²) in [6.45, 7) is 10.0. The number of fused-ring (bicyclic) bond motifs is 1. The van der Waals surface area contributed by atoms with Crippen molar-refractivity contribution in [1.29, 1.82) is 0 Å². The van der Waals surface area contributed by atoms with Crippen LogP contribution in [0.2, 0.25) is 5.02 Å². The number of amides is 3. The Morgan fingerprint density at radius 3 is 2.20 bits per heavy atom. The number of halogens is 1. The number of unbranched alkanes of at least 4 members (excludes halogenated alkanes) is 2. The Balaban J connectivity index is 1.59. The van der Waals surface area contributed by atoms with Gasteiger partial charge in [-0.05, 0) is 85.7 Å². The van der Waals surface area contributed by atoms with Crippen LogP contribution in [0.3, 0.4) is 0 Å². The molecule has 1 aliphatic rings. The molecule has 4 aromatic rings. The number of primary amides is 1. The molecule has 8 nitrogen and oxygen atoms in total. The average Bonchev–Trinajstić information content (AvgIpc) is 3.44. The minimum absolute atomic E-state index is 0.0301. The number of carbonyl (C=O) groups is 3. The zero-order chi connectivity index (χ0) is 33.0. The minimum Gasteiger partial charge on any atom is -0.366 e. The summed E-state index contributed by atoms with van der Waals surface area (Å²) in [5.41, 5.74) is 11.7. The van der Waals surface area contributed by atoms with Crippen LogP contribution in [0, 0.1) is 6.92 Å². The van der Waals surface area contributed by atoms with Gasteiger partial charge < -0.3 is 15.5 Å². The number of rotatable bonds is 11. The van der Waals surface area contributed by atoms with Gasteiger partial charge in [0.1, 0.15) is 0 Å². The number of nitrogens with two attached hydrogens (primary N) is 1. The van der Waals surface area contributed by atoms with Crippen LogP contribution in [0.5, 0.6) is 0 Å². The van der Waals surface area contributed by atoms with Crippen LogP contribution in [0.25, 0.3) is 16.8 Å². The third-order valence-electron chi connectivity index (χ3n) is 8.74. The summed E-state index contributed by atoms with van der Waals surface area (Å²) in [5, 5.41) is 5.05. The van der Waals surface area contributed by atoms with Gasteiger partial charge in [0.05, 0.1) is 21.8 Å². The number of hydrogen-bond acceptors (Lipinski definition) is 4. The van der Waals surface area contributed by atoms with Crippen molar-refractivity contribution in [1.82, 2.24) is 19.6 Å². The normalized spacial score (nSPS) is 14.2. The topological polar surface area (TPSA) is 102 Å². The first-order valence-electron chi connectivity index (χ1n) is 16.1. The van der Waals surface area contributed by atoms with Crippen LogP contribution in [-0.2, 0) is 13.0 Å². The quantitative estimate of drug-likeness (QED) is 0.187. The van der Waals surface area contributed by atoms with Crippen molar-refractivity contribution in [2.24, 2.45) is 5.73 Å². The van der Waals surface area contributed by atoms with E-state index in [1.54, 1.807) is 28.9 Å². The molecule has 2 N–H and O–H groups in total. The van der Waals surface area contributed by atoms with Crippen LogP contribution in [0.1, 0.15) is 94.5 Å². The number of nitrogens with zero attached hydrogens (tertiary/aromatic N) is 4. The highest BCUT2D eigenvalue weighted by Gasteiger charge is 2.30. The summed E-state index contributed by atoms with van der Waals surface area (Å²) >= 11 is 6.24. The van der Waals surface area contributed by atoms with Gasteiger partial charge in [-0.15, -0.1) is 0 Å². The summed E-state index contributed by atoms with van der Waals surface area (Å²) in [6, 6.07) is 20.6. The Morgan fingerprint density at radius 2 is 1.54 bits per heavy atom. The molecule has 0 aliphatic carbocycles. The van der Waals surface area contributed by atoms with Gasteiger partial charge in [-0.3, -0.25) is 14.4 Å². The zero-order valence-electron chi connectivity index (χ0n) is 27.1. The van der Waals surface area contributed by atoms with Crippen LogP contribution in [0.4, 0.5) is 0 Å². The molecule has 2 heterocycles. The van der Waals surface area contributed by atoms with Crippen LogP contribution in [-0.4, -0.2) is 56.4 Å². The third-order valence-corrected chi connectivity index (χ3v) is 9.07. The molecule has 0 radical (unpaired) electrons. The lowest BCUT2D eigenvalue weighted by atomic mass is 9.93. The van der Waals surface area contributed by atoms with E-state index >= 15 is 0 Å². The summed E-state index contributed by atoms with van der Waals surface area (Å²) in [7, 11) is 0. The van der Waals surface area contributed by atoms with E-state index in [9.17, 15) is 14.4 Å². The molecule has 240 valence electrons. The number of aromatic nitrogens is 2. The predicted octanol–water partition coefficient (Wildman–Crippen LogP) is 7.23. The maximum atomic E-state index is 14.5. The number of aryl methyl sites for hydroxylation is 1. The van der Waals surface area contributed by atoms with Gasteiger partial charge in [-0.25, -0.2) is 4.68 Å². The fraction of sp³-hybridized carbons (Fsp3) is 0.351. The van der Waals surface area contributed by atoms with E-state index in [0.29, 0.717) is 42.1 Å². The molecule has 0 saturated heterocycles. The lowest BCUT2D eigenvalue weighted by Gasteiger charge is -2.35. The minimum atomic E-state index is -0.628. The van der Waals surface area contributed by atoms with E-state index < -0.39 is 5.91 Å². The molecule has 0 bridgehead atoms. The number of benzene rings is 3. The van der Waals surface area contributed by atoms with E-state index in [1.807, 2.05) is 47.1 Å². The first-order valence-corrected chi connectivity index (χ1v) is 16.5. The van der Waals surface area contributed by atoms with Crippen molar-refractivity contribution in [2.45, 2.75) is 72.4 Å². The second-order valence-corrected chi connectivity index (χ2v) is 12.5. The molecule has 0 unspecified atom stereocenters. The molecule has 0 fully saturated rings. The van der Waals surface area contributed by atoms with E-state index in [1.165, 1.54) is 5.56 Å². The lowest BCUT2D eigenvalue weighted by molar-refractivity contribution is 0.0657. The summed E-state index contributed by atoms with van der Waals surface area (Å²) in [4.78, 5) is 44.0. The Labute approximate surface area is 276 Å². The van der Waals surface area contributed by atoms with E-state index in [4.69, 9.17) is 22.4 Å². The maximum absolute atomic E-state index is 14.5. The fourth-order valence-corrected chi connectivity index (χ4v) is 6.28. The maximum Gasteiger partial charge on any atom is 0.274 e. The zero-order valence-corrected chi connectivity index (χ0v) is 27.8. The summed E-state index contributed by atoms with van der Waals surface area (Å²) < 4.78 is 1.70. The second-order valence-electron chi connectivity index (χ2n) is 12.1. The molecule has 0 spiro atoms. The monoisotopic (exact) mass is 639 g/mol. The van der Waals surface area contributed by atoms with Crippen molar-refractivity contribution >= 4 is 29.3 Å². The Hall–Kier alpha value is -4.43. The number of hydrogen-bond donors (Lipinski definition) is 1. The third kappa shape index (κ3) is 6.87. The van der Waals surface area contributed by atoms with Gasteiger partial charge >= 0.3 is 0 Å². The Morgan fingerprint density at radius 1 is 0.913 bits per heavy atom. The predicted molar refractivity (Wildman–Crippen MR) is 182 cm³/mol. The molecule has 1 atom stereocenters. The molecule has 46 heavy (non-hydrogen) atoms. The molecule has 0 saturated carbocycles. The molecule has 3 aromatic carbocycles. The van der Waals surface area contributed by atoms with Crippen molar-refractivity contribution in [2.75, 3.05) is 13.1 Å². The Kier molecular flexibility index (Phi) is 10.3. The van der Waals surface area contributed by atoms with Gasteiger partial charge in [0.25, 0.3) is 11.8 Å². The molecule has 1 aliphatic heterocycles. The summed E-state index contributed by atoms with van der Waals surface area (Å²) in [5.74, 6) is -0.871. The molecule has 3 amide bonds. The Bertz CT molecular complexity index is 1760. The van der Waals surface area contributed by atoms with Crippen molar-refractivity contribution < 1.29 is 14.4 Å². The highest BCUT2D eigenvalue weighted by Crippen LogP contribution is 2.32. The van der Waals surface area contributed by atoms with Gasteiger partial charge in [0.15, 0.2) is 5.69 Å². The second kappa shape index (κ2) is 14.3. The van der Waals surface area contributed by atoms with Crippen molar-refractivity contribution in [3.05, 3.63) is 105 Å². The van der Waals surface area contributed by atoms with E-state index in [0.717, 1.165) is 48.9 Å². The first-order chi connectivity index (χ1) is 22.1. The SMILES string of the molecule is CCCCN(CCCC)C(=O)c1cc(C)n(-c2ccc(-c3ccc(Cl)c(C(N)=O)c3)cc2C(=O)N2Cc3ccccc3C[C@H]2C)n1. The highest BCUT2D eigenvalue weighted by molar-refractivity contribution is 6.33. The standard InChI is InChI=1S/C37H42ClN5O3/c1-5-7-17-41(18-8-6-2)37(46)33-20-25(4)43(40-33)34-16-14-28(27-13-15-32(38)30(21-27)35(39)44)22-31(34)36(45)42-23-29-12-10-9-11-26(29)19-24(42)3/h9-16,20-22,24H,5-8,17-19,23H2,1-4H3,(H2,39,44)/t24-/m1/s1. The average molecular weight is 640 g/mol. The number of carbonyl (C=O) groups excluding carboxylic acids is 3. The smallest absolute Gasteiger partial charge is 0.274 e. The van der Waals surface area contributed by atoms with Crippen LogP contribution < -0.4 is 5.73 Å². The van der Waals surface area contributed by atoms with Gasteiger partial charge in [-0.2, -0.15) is 5.10 Å². The van der Waals surface area contributed by atoms with Gasteiger partial charge in [-0.1, -0.05) is 74.7 Å². The largest absolute Gasteiger partial charge is 0.366 e. The van der Waals surface area contributed by atoms with Crippen LogP contribution in [0.15, 0.2) is 66.7 Å². The lowest BCUT2D eigenvalue weighted by Crippen LogP contribution is -2.43. The fourth-order valence-electron chi connectivity index (χ4n) is 6.07. The van der Waals surface area contributed by atoms with E-state index in [-0.39, 0.29) is 28.4 Å². The van der Waals surface area contributed by atoms with Gasteiger partial charge in [0.2, 0.25) is 5.91 Å². The molecule has 5 rings (SSSR count). The van der Waals surface area contributed by atoms with Crippen molar-refractivity contribution in [3.8, 4) is 16.8 Å². The van der Waals surface area contributed by atoms with Crippen molar-refractivity contribution in [3.63, 3.8) is 0 Å². The van der Waals surface area contributed by atoms with Gasteiger partial charge in [0, 0.05) is 31.4 Å². The van der Waals surface area contributed by atoms with Crippen LogP contribution >= 0.6 is 11.6 Å². The highest BCUT2D eigenvalue weighted by atomic mass is 35.5. The molecular weight excluding hydrogens is 598 g/mol. The molecular formula is C37H42ClN5O3. The van der Waals surface area contributed by atoms with E-state index in [2.05, 4.69) is 32.9 Å². The summed E-state index contributed by atoms with van der Waals surface area (Å²) in [6.07, 6.45) is 4.59.